The molecule has 0 fully saturated rings. The largest absolute Gasteiger partial charge is 0.311 e. The average Bonchev–Trinajstić information content (AvgIpc) is 3.15. The molecule has 6 aromatic rings. The minimum absolute atomic E-state index is 1.09. The lowest BCUT2D eigenvalue weighted by atomic mass is 9.78. The molecule has 0 unspecified atom stereocenters. The second-order valence-electron chi connectivity index (χ2n) is 12.7. The van der Waals surface area contributed by atoms with E-state index in [1.807, 2.05) is 0 Å². The Morgan fingerprint density at radius 1 is 0.489 bits per heavy atom. The SMILES string of the molecule is C1=Cc2c(c(-c3ccc(/C=C/c4ccc(N(c5ccccc5)c5ccccc5)cc4)cc3)c3ccccc3c2C2=CCCCC2)CC1. The second-order valence-corrected chi connectivity index (χ2v) is 12.7. The maximum atomic E-state index is 2.50. The molecule has 0 bridgehead atoms. The molecular formula is C46H39N. The van der Waals surface area contributed by atoms with Crippen LogP contribution in [0, 0.1) is 0 Å². The van der Waals surface area contributed by atoms with Gasteiger partial charge in [0.25, 0.3) is 0 Å². The number of rotatable bonds is 7. The Labute approximate surface area is 278 Å². The Morgan fingerprint density at radius 2 is 1.06 bits per heavy atom. The molecule has 1 heteroatoms. The molecule has 0 N–H and O–H groups in total. The number of allylic oxidation sites excluding steroid dienone is 3. The molecule has 8 rings (SSSR count). The van der Waals surface area contributed by atoms with Crippen molar-refractivity contribution in [3.8, 4) is 11.1 Å². The predicted octanol–water partition coefficient (Wildman–Crippen LogP) is 13.1. The van der Waals surface area contributed by atoms with E-state index in [1.165, 1.54) is 75.4 Å². The van der Waals surface area contributed by atoms with Gasteiger partial charge in [-0.15, -0.1) is 0 Å². The fraction of sp³-hybridized carbons (Fsp3) is 0.130. The van der Waals surface area contributed by atoms with Crippen molar-refractivity contribution < 1.29 is 0 Å². The van der Waals surface area contributed by atoms with Crippen molar-refractivity contribution in [2.75, 3.05) is 4.90 Å². The first kappa shape index (κ1) is 29.0. The highest BCUT2D eigenvalue weighted by Crippen LogP contribution is 2.44. The first-order valence-electron chi connectivity index (χ1n) is 17.1. The Kier molecular flexibility index (Phi) is 8.12. The third kappa shape index (κ3) is 5.86. The average molecular weight is 606 g/mol. The van der Waals surface area contributed by atoms with Crippen LogP contribution in [0.2, 0.25) is 0 Å². The summed E-state index contributed by atoms with van der Waals surface area (Å²) in [7, 11) is 0. The first-order chi connectivity index (χ1) is 23.3. The first-order valence-corrected chi connectivity index (χ1v) is 17.1. The maximum Gasteiger partial charge on any atom is 0.0462 e. The minimum Gasteiger partial charge on any atom is -0.311 e. The van der Waals surface area contributed by atoms with Crippen molar-refractivity contribution in [2.24, 2.45) is 0 Å². The van der Waals surface area contributed by atoms with E-state index in [1.54, 1.807) is 5.57 Å². The monoisotopic (exact) mass is 605 g/mol. The number of benzene rings is 6. The van der Waals surface area contributed by atoms with Crippen molar-refractivity contribution in [1.82, 2.24) is 0 Å². The highest BCUT2D eigenvalue weighted by atomic mass is 15.1. The van der Waals surface area contributed by atoms with Crippen LogP contribution in [0.15, 0.2) is 146 Å². The van der Waals surface area contributed by atoms with E-state index in [4.69, 9.17) is 0 Å². The molecule has 1 nitrogen and oxygen atoms in total. The molecule has 0 atom stereocenters. The van der Waals surface area contributed by atoms with Crippen LogP contribution in [0.4, 0.5) is 17.1 Å². The molecule has 2 aliphatic carbocycles. The number of fused-ring (bicyclic) bond motifs is 2. The zero-order chi connectivity index (χ0) is 31.4. The zero-order valence-electron chi connectivity index (χ0n) is 26.8. The van der Waals surface area contributed by atoms with Gasteiger partial charge in [-0.3, -0.25) is 0 Å². The van der Waals surface area contributed by atoms with Gasteiger partial charge in [-0.1, -0.05) is 127 Å². The van der Waals surface area contributed by atoms with Crippen molar-refractivity contribution in [1.29, 1.82) is 0 Å². The summed E-state index contributed by atoms with van der Waals surface area (Å²) >= 11 is 0. The summed E-state index contributed by atoms with van der Waals surface area (Å²) in [4.78, 5) is 2.29. The van der Waals surface area contributed by atoms with Gasteiger partial charge in [0.1, 0.15) is 0 Å². The van der Waals surface area contributed by atoms with Gasteiger partial charge in [0, 0.05) is 17.1 Å². The zero-order valence-corrected chi connectivity index (χ0v) is 26.8. The van der Waals surface area contributed by atoms with Gasteiger partial charge in [0.15, 0.2) is 0 Å². The lowest BCUT2D eigenvalue weighted by molar-refractivity contribution is 0.742. The summed E-state index contributed by atoms with van der Waals surface area (Å²) in [5, 5.41) is 2.78. The highest BCUT2D eigenvalue weighted by Gasteiger charge is 2.22. The van der Waals surface area contributed by atoms with E-state index in [0.717, 1.165) is 29.9 Å². The molecule has 0 saturated carbocycles. The molecule has 228 valence electrons. The summed E-state index contributed by atoms with van der Waals surface area (Å²) in [6.07, 6.45) is 18.9. The summed E-state index contributed by atoms with van der Waals surface area (Å²) in [5.41, 5.74) is 14.5. The quantitative estimate of drug-likeness (QED) is 0.164. The maximum absolute atomic E-state index is 2.50. The van der Waals surface area contributed by atoms with Crippen LogP contribution < -0.4 is 4.90 Å². The van der Waals surface area contributed by atoms with Crippen LogP contribution in [0.25, 0.3) is 45.7 Å². The van der Waals surface area contributed by atoms with Gasteiger partial charge in [-0.2, -0.15) is 0 Å². The fourth-order valence-electron chi connectivity index (χ4n) is 7.41. The number of para-hydroxylation sites is 2. The topological polar surface area (TPSA) is 3.24 Å². The van der Waals surface area contributed by atoms with Gasteiger partial charge in [0.05, 0.1) is 0 Å². The van der Waals surface area contributed by atoms with Gasteiger partial charge in [0.2, 0.25) is 0 Å². The standard InChI is InChI=1S/C46H39N/c1-4-14-36(15-5-1)45-41-20-10-12-22-43(41)46(44-23-13-11-21-42(44)45)37-30-26-34(27-31-37)24-25-35-28-32-40(33-29-35)47(38-16-6-2-7-17-38)39-18-8-3-9-19-39/h2-3,6-12,14,16-22,24-33H,1,4-5,13,15,23H2/b25-24+. The summed E-state index contributed by atoms with van der Waals surface area (Å²) in [5.74, 6) is 0. The second kappa shape index (κ2) is 13.1. The van der Waals surface area contributed by atoms with Gasteiger partial charge in [-0.05, 0) is 130 Å². The number of nitrogens with zero attached hydrogens (tertiary/aromatic N) is 1. The molecule has 47 heavy (non-hydrogen) atoms. The third-order valence-electron chi connectivity index (χ3n) is 9.67. The van der Waals surface area contributed by atoms with E-state index in [0.29, 0.717) is 0 Å². The summed E-state index contributed by atoms with van der Waals surface area (Å²) < 4.78 is 0. The fourth-order valence-corrected chi connectivity index (χ4v) is 7.41. The predicted molar refractivity (Wildman–Crippen MR) is 203 cm³/mol. The molecule has 0 radical (unpaired) electrons. The van der Waals surface area contributed by atoms with Gasteiger partial charge >= 0.3 is 0 Å². The molecular weight excluding hydrogens is 567 g/mol. The number of hydrogen-bond donors (Lipinski definition) is 0. The summed E-state index contributed by atoms with van der Waals surface area (Å²) in [6.45, 7) is 0. The van der Waals surface area contributed by atoms with Crippen molar-refractivity contribution in [3.05, 3.63) is 173 Å². The molecule has 2 aliphatic rings. The number of anilines is 3. The van der Waals surface area contributed by atoms with Crippen LogP contribution in [0.5, 0.6) is 0 Å². The lowest BCUT2D eigenvalue weighted by Crippen LogP contribution is -2.09. The molecule has 0 amide bonds. The Hall–Kier alpha value is -5.40. The van der Waals surface area contributed by atoms with Crippen molar-refractivity contribution in [2.45, 2.75) is 38.5 Å². The molecule has 0 aliphatic heterocycles. The van der Waals surface area contributed by atoms with Crippen molar-refractivity contribution >= 4 is 51.6 Å². The third-order valence-corrected chi connectivity index (χ3v) is 9.67. The molecule has 0 heterocycles. The number of hydrogen-bond acceptors (Lipinski definition) is 1. The Morgan fingerprint density at radius 3 is 1.68 bits per heavy atom. The van der Waals surface area contributed by atoms with E-state index < -0.39 is 0 Å². The molecule has 0 spiro atoms. The van der Waals surface area contributed by atoms with Gasteiger partial charge in [-0.25, -0.2) is 0 Å². The Bertz CT molecular complexity index is 2060. The van der Waals surface area contributed by atoms with E-state index in [-0.39, 0.29) is 0 Å². The van der Waals surface area contributed by atoms with E-state index in [2.05, 4.69) is 169 Å². The summed E-state index contributed by atoms with van der Waals surface area (Å²) in [6, 6.07) is 48.2. The van der Waals surface area contributed by atoms with Crippen LogP contribution in [0.1, 0.15) is 59.9 Å². The smallest absolute Gasteiger partial charge is 0.0462 e. The molecule has 6 aromatic carbocycles. The Balaban J connectivity index is 1.09. The van der Waals surface area contributed by atoms with Gasteiger partial charge < -0.3 is 4.90 Å². The van der Waals surface area contributed by atoms with E-state index in [9.17, 15) is 0 Å². The minimum atomic E-state index is 1.09. The molecule has 0 saturated heterocycles. The lowest BCUT2D eigenvalue weighted by Gasteiger charge is -2.26. The molecule has 0 aromatic heterocycles. The van der Waals surface area contributed by atoms with Crippen LogP contribution >= 0.6 is 0 Å². The van der Waals surface area contributed by atoms with Crippen LogP contribution in [-0.4, -0.2) is 0 Å². The van der Waals surface area contributed by atoms with E-state index >= 15 is 0 Å². The highest BCUT2D eigenvalue weighted by molar-refractivity contribution is 6.07. The van der Waals surface area contributed by atoms with Crippen LogP contribution in [-0.2, 0) is 6.42 Å². The normalized spacial score (nSPS) is 14.3. The van der Waals surface area contributed by atoms with Crippen molar-refractivity contribution in [3.63, 3.8) is 0 Å². The van der Waals surface area contributed by atoms with Crippen LogP contribution in [0.3, 0.4) is 0 Å².